The van der Waals surface area contributed by atoms with E-state index in [1.165, 1.54) is 51.4 Å². The average Bonchev–Trinajstić information content (AvgIpc) is 2.93. The summed E-state index contributed by atoms with van der Waals surface area (Å²) in [6.07, 6.45) is 16.3. The maximum Gasteiger partial charge on any atom is 0.0724 e. The van der Waals surface area contributed by atoms with Crippen molar-refractivity contribution in [1.82, 2.24) is 0 Å². The minimum atomic E-state index is -0.175. The lowest BCUT2D eigenvalue weighted by Crippen LogP contribution is -2.50. The van der Waals surface area contributed by atoms with Crippen LogP contribution >= 0.6 is 0 Å². The largest absolute Gasteiger partial charge is 0.389 e. The fourth-order valence-electron chi connectivity index (χ4n) is 7.92. The van der Waals surface area contributed by atoms with Gasteiger partial charge in [-0.3, -0.25) is 0 Å². The van der Waals surface area contributed by atoms with Crippen molar-refractivity contribution in [3.8, 4) is 0 Å². The van der Waals surface area contributed by atoms with Crippen molar-refractivity contribution >= 4 is 0 Å². The summed E-state index contributed by atoms with van der Waals surface area (Å²) >= 11 is 0. The van der Waals surface area contributed by atoms with Gasteiger partial charge in [-0.15, -0.1) is 0 Å². The van der Waals surface area contributed by atoms with Gasteiger partial charge in [0.15, 0.2) is 0 Å². The summed E-state index contributed by atoms with van der Waals surface area (Å²) in [6.45, 7) is 9.86. The van der Waals surface area contributed by atoms with Crippen LogP contribution in [0, 0.1) is 34.5 Å². The lowest BCUT2D eigenvalue weighted by atomic mass is 9.46. The number of hydrogen-bond donors (Lipinski definition) is 1. The molecule has 4 rings (SSSR count). The number of rotatable bonds is 2. The Bertz CT molecular complexity index is 587. The summed E-state index contributed by atoms with van der Waals surface area (Å²) in [4.78, 5) is 0. The van der Waals surface area contributed by atoms with Crippen LogP contribution in [0.15, 0.2) is 23.3 Å². The molecule has 3 fully saturated rings. The highest BCUT2D eigenvalue weighted by Crippen LogP contribution is 2.67. The third-order valence-electron chi connectivity index (χ3n) is 9.16. The highest BCUT2D eigenvalue weighted by atomic mass is 16.3. The molecule has 0 saturated heterocycles. The van der Waals surface area contributed by atoms with E-state index in [0.29, 0.717) is 10.8 Å². The molecule has 0 aromatic rings. The van der Waals surface area contributed by atoms with E-state index in [0.717, 1.165) is 30.1 Å². The van der Waals surface area contributed by atoms with Crippen LogP contribution in [-0.4, -0.2) is 11.2 Å². The van der Waals surface area contributed by atoms with Crippen molar-refractivity contribution < 1.29 is 5.11 Å². The molecule has 0 spiro atoms. The van der Waals surface area contributed by atoms with Crippen LogP contribution < -0.4 is 0 Å². The molecule has 0 bridgehead atoms. The molecule has 0 aromatic heterocycles. The first-order chi connectivity index (χ1) is 11.9. The third kappa shape index (κ3) is 2.59. The molecule has 25 heavy (non-hydrogen) atoms. The van der Waals surface area contributed by atoms with E-state index in [2.05, 4.69) is 39.8 Å². The predicted molar refractivity (Wildman–Crippen MR) is 105 cm³/mol. The zero-order valence-electron chi connectivity index (χ0n) is 16.9. The van der Waals surface area contributed by atoms with Gasteiger partial charge in [-0.1, -0.05) is 44.1 Å². The Morgan fingerprint density at radius 2 is 1.92 bits per heavy atom. The maximum atomic E-state index is 10.1. The highest BCUT2D eigenvalue weighted by molar-refractivity contribution is 5.26. The summed E-state index contributed by atoms with van der Waals surface area (Å²) in [6, 6.07) is 0. The molecule has 3 unspecified atom stereocenters. The predicted octanol–water partition coefficient (Wildman–Crippen LogP) is 6.28. The van der Waals surface area contributed by atoms with E-state index in [9.17, 15) is 5.11 Å². The minimum Gasteiger partial charge on any atom is -0.389 e. The van der Waals surface area contributed by atoms with Gasteiger partial charge in [0.1, 0.15) is 0 Å². The summed E-state index contributed by atoms with van der Waals surface area (Å²) in [5.74, 6) is 3.56. The van der Waals surface area contributed by atoms with Gasteiger partial charge < -0.3 is 5.11 Å². The van der Waals surface area contributed by atoms with E-state index in [1.807, 2.05) is 0 Å². The molecular weight excluding hydrogens is 304 g/mol. The van der Waals surface area contributed by atoms with Crippen LogP contribution in [-0.2, 0) is 0 Å². The molecule has 0 aromatic carbocycles. The van der Waals surface area contributed by atoms with Gasteiger partial charge in [0.25, 0.3) is 0 Å². The van der Waals surface area contributed by atoms with Crippen molar-refractivity contribution in [3.63, 3.8) is 0 Å². The van der Waals surface area contributed by atoms with Gasteiger partial charge in [-0.2, -0.15) is 0 Å². The first kappa shape index (κ1) is 17.8. The van der Waals surface area contributed by atoms with Gasteiger partial charge >= 0.3 is 0 Å². The van der Waals surface area contributed by atoms with Crippen molar-refractivity contribution in [3.05, 3.63) is 23.3 Å². The number of hydrogen-bond acceptors (Lipinski definition) is 1. The Morgan fingerprint density at radius 3 is 2.68 bits per heavy atom. The SMILES string of the molecule is CC/C=C(\C)[C@H]1CCC2C3CCC4=C[C@@H](O)CC[C@]4(C)C3CC[C@@]21C. The van der Waals surface area contributed by atoms with Crippen LogP contribution in [0.3, 0.4) is 0 Å². The fourth-order valence-corrected chi connectivity index (χ4v) is 7.92. The van der Waals surface area contributed by atoms with Crippen LogP contribution in [0.2, 0.25) is 0 Å². The molecule has 4 aliphatic rings. The third-order valence-corrected chi connectivity index (χ3v) is 9.16. The normalized spacial score (nSPS) is 49.9. The summed E-state index contributed by atoms with van der Waals surface area (Å²) in [5, 5.41) is 10.1. The van der Waals surface area contributed by atoms with Crippen LogP contribution in [0.1, 0.15) is 85.5 Å². The molecular formula is C24H38O. The smallest absolute Gasteiger partial charge is 0.0724 e. The zero-order valence-corrected chi connectivity index (χ0v) is 16.9. The average molecular weight is 343 g/mol. The molecule has 1 nitrogen and oxygen atoms in total. The fraction of sp³-hybridized carbons (Fsp3) is 0.833. The second-order valence-corrected chi connectivity index (χ2v) is 10.2. The van der Waals surface area contributed by atoms with Crippen LogP contribution in [0.4, 0.5) is 0 Å². The molecule has 0 radical (unpaired) electrons. The number of allylic oxidation sites excluding steroid dienone is 3. The molecule has 1 heteroatoms. The Balaban J connectivity index is 1.62. The summed E-state index contributed by atoms with van der Waals surface area (Å²) in [7, 11) is 0. The number of fused-ring (bicyclic) bond motifs is 5. The van der Waals surface area contributed by atoms with Crippen molar-refractivity contribution in [2.45, 2.75) is 91.6 Å². The molecule has 3 saturated carbocycles. The van der Waals surface area contributed by atoms with Crippen LogP contribution in [0.25, 0.3) is 0 Å². The Labute approximate surface area is 155 Å². The summed E-state index contributed by atoms with van der Waals surface area (Å²) in [5.41, 5.74) is 4.21. The molecule has 0 amide bonds. The number of aliphatic hydroxyl groups is 1. The Morgan fingerprint density at radius 1 is 1.12 bits per heavy atom. The standard InChI is InChI=1S/C24H38O/c1-5-6-16(2)20-9-10-21-19-8-7-17-15-18(25)11-13-23(17,3)22(19)12-14-24(20,21)4/h6,15,18-22,25H,5,7-14H2,1-4H3/b16-6+/t18-,19?,20+,21?,22?,23-,24+/m0/s1. The minimum absolute atomic E-state index is 0.175. The first-order valence-corrected chi connectivity index (χ1v) is 11.0. The second kappa shape index (κ2) is 6.25. The van der Waals surface area contributed by atoms with Crippen LogP contribution in [0.5, 0.6) is 0 Å². The van der Waals surface area contributed by atoms with E-state index >= 15 is 0 Å². The first-order valence-electron chi connectivity index (χ1n) is 11.0. The monoisotopic (exact) mass is 342 g/mol. The molecule has 0 aliphatic heterocycles. The van der Waals surface area contributed by atoms with Crippen molar-refractivity contribution in [1.29, 1.82) is 0 Å². The molecule has 7 atom stereocenters. The van der Waals surface area contributed by atoms with Gasteiger partial charge in [0.2, 0.25) is 0 Å². The molecule has 0 heterocycles. The Kier molecular flexibility index (Phi) is 4.46. The number of aliphatic hydroxyl groups excluding tert-OH is 1. The van der Waals surface area contributed by atoms with E-state index in [-0.39, 0.29) is 6.10 Å². The molecule has 4 aliphatic carbocycles. The molecule has 1 N–H and O–H groups in total. The van der Waals surface area contributed by atoms with Gasteiger partial charge in [0.05, 0.1) is 6.10 Å². The topological polar surface area (TPSA) is 20.2 Å². The van der Waals surface area contributed by atoms with Gasteiger partial charge in [-0.25, -0.2) is 0 Å². The van der Waals surface area contributed by atoms with Gasteiger partial charge in [0, 0.05) is 0 Å². The quantitative estimate of drug-likeness (QED) is 0.585. The van der Waals surface area contributed by atoms with Crippen molar-refractivity contribution in [2.75, 3.05) is 0 Å². The van der Waals surface area contributed by atoms with E-state index in [4.69, 9.17) is 0 Å². The maximum absolute atomic E-state index is 10.1. The van der Waals surface area contributed by atoms with E-state index < -0.39 is 0 Å². The van der Waals surface area contributed by atoms with Crippen molar-refractivity contribution in [2.24, 2.45) is 34.5 Å². The highest BCUT2D eigenvalue weighted by Gasteiger charge is 2.58. The summed E-state index contributed by atoms with van der Waals surface area (Å²) < 4.78 is 0. The zero-order chi connectivity index (χ0) is 17.8. The Hall–Kier alpha value is -0.560. The second-order valence-electron chi connectivity index (χ2n) is 10.2. The molecule has 140 valence electrons. The lowest BCUT2D eigenvalue weighted by molar-refractivity contribution is -0.0508. The lowest BCUT2D eigenvalue weighted by Gasteiger charge is -2.58. The van der Waals surface area contributed by atoms with E-state index in [1.54, 1.807) is 11.1 Å². The van der Waals surface area contributed by atoms with Gasteiger partial charge in [-0.05, 0) is 99.2 Å².